The molecule has 2 rings (SSSR count). The fourth-order valence-electron chi connectivity index (χ4n) is 3.63. The topological polar surface area (TPSA) is 15.3 Å². The van der Waals surface area contributed by atoms with Gasteiger partial charge in [-0.25, -0.2) is 0 Å². The molecule has 1 saturated carbocycles. The van der Waals surface area contributed by atoms with Crippen LogP contribution in [0.15, 0.2) is 0 Å². The van der Waals surface area contributed by atoms with Crippen LogP contribution in [0, 0.1) is 5.41 Å². The van der Waals surface area contributed by atoms with Crippen molar-refractivity contribution in [1.82, 2.24) is 10.2 Å². The van der Waals surface area contributed by atoms with Crippen molar-refractivity contribution in [3.05, 3.63) is 0 Å². The highest BCUT2D eigenvalue weighted by Gasteiger charge is 2.31. The van der Waals surface area contributed by atoms with E-state index in [9.17, 15) is 0 Å². The number of hydrogen-bond acceptors (Lipinski definition) is 2. The van der Waals surface area contributed by atoms with Crippen molar-refractivity contribution >= 4 is 0 Å². The van der Waals surface area contributed by atoms with Gasteiger partial charge in [-0.3, -0.25) is 0 Å². The molecule has 2 unspecified atom stereocenters. The predicted molar refractivity (Wildman–Crippen MR) is 78.9 cm³/mol. The van der Waals surface area contributed by atoms with E-state index in [2.05, 4.69) is 31.0 Å². The van der Waals surface area contributed by atoms with Crippen LogP contribution in [0.3, 0.4) is 0 Å². The number of rotatable bonds is 4. The molecule has 0 amide bonds. The maximum absolute atomic E-state index is 3.71. The Kier molecular flexibility index (Phi) is 5.08. The zero-order valence-electron chi connectivity index (χ0n) is 12.7. The van der Waals surface area contributed by atoms with Crippen LogP contribution in [0.2, 0.25) is 0 Å². The molecule has 106 valence electrons. The SMILES string of the molecule is CCCNC1CCC(N2CCCC(C)(C)CC2)C1. The van der Waals surface area contributed by atoms with Gasteiger partial charge in [0.1, 0.15) is 0 Å². The van der Waals surface area contributed by atoms with E-state index in [1.54, 1.807) is 0 Å². The molecule has 0 radical (unpaired) electrons. The Hall–Kier alpha value is -0.0800. The Balaban J connectivity index is 1.78. The van der Waals surface area contributed by atoms with Crippen LogP contribution in [0.4, 0.5) is 0 Å². The Morgan fingerprint density at radius 2 is 2.00 bits per heavy atom. The molecule has 0 aromatic rings. The van der Waals surface area contributed by atoms with E-state index in [4.69, 9.17) is 0 Å². The molecule has 2 heteroatoms. The first-order chi connectivity index (χ1) is 8.61. The summed E-state index contributed by atoms with van der Waals surface area (Å²) in [5.74, 6) is 0. The normalized spacial score (nSPS) is 33.5. The lowest BCUT2D eigenvalue weighted by atomic mass is 9.85. The first-order valence-corrected chi connectivity index (χ1v) is 8.08. The molecule has 2 fully saturated rings. The Morgan fingerprint density at radius 1 is 1.17 bits per heavy atom. The summed E-state index contributed by atoms with van der Waals surface area (Å²) in [5.41, 5.74) is 0.577. The Morgan fingerprint density at radius 3 is 2.78 bits per heavy atom. The van der Waals surface area contributed by atoms with E-state index < -0.39 is 0 Å². The van der Waals surface area contributed by atoms with Crippen LogP contribution < -0.4 is 5.32 Å². The summed E-state index contributed by atoms with van der Waals surface area (Å²) in [6, 6.07) is 1.67. The lowest BCUT2D eigenvalue weighted by molar-refractivity contribution is 0.194. The summed E-state index contributed by atoms with van der Waals surface area (Å²) in [4.78, 5) is 2.79. The molecular weight excluding hydrogens is 220 g/mol. The van der Waals surface area contributed by atoms with E-state index in [-0.39, 0.29) is 0 Å². The van der Waals surface area contributed by atoms with Crippen molar-refractivity contribution in [2.75, 3.05) is 19.6 Å². The highest BCUT2D eigenvalue weighted by Crippen LogP contribution is 2.33. The molecule has 0 bridgehead atoms. The minimum atomic E-state index is 0.577. The number of nitrogens with zero attached hydrogens (tertiary/aromatic N) is 1. The molecule has 2 atom stereocenters. The largest absolute Gasteiger partial charge is 0.314 e. The van der Waals surface area contributed by atoms with Gasteiger partial charge in [-0.1, -0.05) is 20.8 Å². The molecular formula is C16H32N2. The van der Waals surface area contributed by atoms with Gasteiger partial charge in [0, 0.05) is 12.1 Å². The second-order valence-electron chi connectivity index (χ2n) is 7.17. The molecule has 1 N–H and O–H groups in total. The summed E-state index contributed by atoms with van der Waals surface area (Å²) in [5, 5.41) is 3.71. The minimum Gasteiger partial charge on any atom is -0.314 e. The summed E-state index contributed by atoms with van der Waals surface area (Å²) in [7, 11) is 0. The van der Waals surface area contributed by atoms with Gasteiger partial charge in [-0.2, -0.15) is 0 Å². The van der Waals surface area contributed by atoms with Crippen molar-refractivity contribution in [3.63, 3.8) is 0 Å². The highest BCUT2D eigenvalue weighted by atomic mass is 15.2. The van der Waals surface area contributed by atoms with E-state index in [0.717, 1.165) is 12.1 Å². The molecule has 2 aliphatic rings. The zero-order chi connectivity index (χ0) is 13.0. The number of hydrogen-bond donors (Lipinski definition) is 1. The fourth-order valence-corrected chi connectivity index (χ4v) is 3.63. The predicted octanol–water partition coefficient (Wildman–Crippen LogP) is 3.42. The molecule has 0 spiro atoms. The van der Waals surface area contributed by atoms with E-state index in [1.165, 1.54) is 64.6 Å². The molecule has 2 nitrogen and oxygen atoms in total. The average molecular weight is 252 g/mol. The van der Waals surface area contributed by atoms with Crippen LogP contribution in [-0.2, 0) is 0 Å². The molecule has 0 aromatic heterocycles. The third-order valence-electron chi connectivity index (χ3n) is 4.98. The Bertz CT molecular complexity index is 249. The average Bonchev–Trinajstić information content (AvgIpc) is 2.72. The standard InChI is InChI=1S/C16H32N2/c1-4-10-17-14-6-7-15(13-14)18-11-5-8-16(2,3)9-12-18/h14-15,17H,4-13H2,1-3H3. The fraction of sp³-hybridized carbons (Fsp3) is 1.00. The Labute approximate surface area is 114 Å². The van der Waals surface area contributed by atoms with E-state index in [0.29, 0.717) is 5.41 Å². The third-order valence-corrected chi connectivity index (χ3v) is 4.98. The van der Waals surface area contributed by atoms with Gasteiger partial charge in [0.25, 0.3) is 0 Å². The summed E-state index contributed by atoms with van der Waals surface area (Å²) in [6.45, 7) is 11.0. The summed E-state index contributed by atoms with van der Waals surface area (Å²) in [6.07, 6.45) is 9.66. The maximum Gasteiger partial charge on any atom is 0.0111 e. The maximum atomic E-state index is 3.71. The monoisotopic (exact) mass is 252 g/mol. The van der Waals surface area contributed by atoms with Gasteiger partial charge in [0.05, 0.1) is 0 Å². The molecule has 1 saturated heterocycles. The van der Waals surface area contributed by atoms with Gasteiger partial charge in [0.2, 0.25) is 0 Å². The van der Waals surface area contributed by atoms with Gasteiger partial charge in [0.15, 0.2) is 0 Å². The second kappa shape index (κ2) is 6.38. The van der Waals surface area contributed by atoms with Crippen LogP contribution in [0.25, 0.3) is 0 Å². The summed E-state index contributed by atoms with van der Waals surface area (Å²) >= 11 is 0. The lowest BCUT2D eigenvalue weighted by Gasteiger charge is -2.28. The minimum absolute atomic E-state index is 0.577. The first-order valence-electron chi connectivity index (χ1n) is 8.08. The van der Waals surface area contributed by atoms with Crippen molar-refractivity contribution < 1.29 is 0 Å². The molecule has 18 heavy (non-hydrogen) atoms. The van der Waals surface area contributed by atoms with Crippen LogP contribution in [0.1, 0.15) is 65.7 Å². The van der Waals surface area contributed by atoms with Crippen LogP contribution in [0.5, 0.6) is 0 Å². The van der Waals surface area contributed by atoms with Crippen molar-refractivity contribution in [2.24, 2.45) is 5.41 Å². The van der Waals surface area contributed by atoms with Crippen LogP contribution >= 0.6 is 0 Å². The van der Waals surface area contributed by atoms with Crippen molar-refractivity contribution in [3.8, 4) is 0 Å². The van der Waals surface area contributed by atoms with Crippen molar-refractivity contribution in [2.45, 2.75) is 77.8 Å². The number of likely N-dealkylation sites (tertiary alicyclic amines) is 1. The molecule has 1 aliphatic carbocycles. The zero-order valence-corrected chi connectivity index (χ0v) is 12.7. The first kappa shape index (κ1) is 14.3. The third kappa shape index (κ3) is 3.96. The number of nitrogens with one attached hydrogen (secondary N) is 1. The highest BCUT2D eigenvalue weighted by molar-refractivity contribution is 4.88. The summed E-state index contributed by atoms with van der Waals surface area (Å²) < 4.78 is 0. The van der Waals surface area contributed by atoms with Crippen molar-refractivity contribution in [1.29, 1.82) is 0 Å². The molecule has 1 aliphatic heterocycles. The van der Waals surface area contributed by atoms with Gasteiger partial charge in [-0.15, -0.1) is 0 Å². The van der Waals surface area contributed by atoms with Crippen LogP contribution in [-0.4, -0.2) is 36.6 Å². The molecule has 1 heterocycles. The molecule has 0 aromatic carbocycles. The van der Waals surface area contributed by atoms with Gasteiger partial charge in [-0.05, 0) is 70.0 Å². The second-order valence-corrected chi connectivity index (χ2v) is 7.17. The van der Waals surface area contributed by atoms with Gasteiger partial charge >= 0.3 is 0 Å². The van der Waals surface area contributed by atoms with E-state index >= 15 is 0 Å². The quantitative estimate of drug-likeness (QED) is 0.825. The van der Waals surface area contributed by atoms with Gasteiger partial charge < -0.3 is 10.2 Å². The lowest BCUT2D eigenvalue weighted by Crippen LogP contribution is -2.36. The van der Waals surface area contributed by atoms with E-state index in [1.807, 2.05) is 0 Å². The smallest absolute Gasteiger partial charge is 0.0111 e.